The third-order valence-corrected chi connectivity index (χ3v) is 5.48. The largest absolute Gasteiger partial charge is 0.371 e. The Labute approximate surface area is 166 Å². The van der Waals surface area contributed by atoms with Crippen molar-refractivity contribution in [2.45, 2.75) is 69.5 Å². The number of nitrogens with zero attached hydrogens (tertiary/aromatic N) is 4. The predicted octanol–water partition coefficient (Wildman–Crippen LogP) is 3.51. The van der Waals surface area contributed by atoms with Crippen LogP contribution < -0.4 is 16.4 Å². The van der Waals surface area contributed by atoms with E-state index in [-0.39, 0.29) is 24.8 Å². The second-order valence-corrected chi connectivity index (χ2v) is 7.16. The molecule has 0 radical (unpaired) electrons. The summed E-state index contributed by atoms with van der Waals surface area (Å²) in [5.74, 6) is 1.50. The number of rotatable bonds is 4. The van der Waals surface area contributed by atoms with E-state index >= 15 is 0 Å². The highest BCUT2D eigenvalue weighted by Crippen LogP contribution is 2.33. The van der Waals surface area contributed by atoms with Gasteiger partial charge in [-0.05, 0) is 38.5 Å². The van der Waals surface area contributed by atoms with Crippen LogP contribution >= 0.6 is 24.8 Å². The average Bonchev–Trinajstić information content (AvgIpc) is 3.25. The fourth-order valence-corrected chi connectivity index (χ4v) is 4.05. The molecule has 0 atom stereocenters. The molecule has 2 aromatic heterocycles. The molecule has 0 saturated heterocycles. The normalized spacial score (nSPS) is 23.3. The summed E-state index contributed by atoms with van der Waals surface area (Å²) >= 11 is 0. The molecule has 2 fully saturated rings. The minimum absolute atomic E-state index is 0. The Morgan fingerprint density at radius 3 is 2.38 bits per heavy atom. The number of hydrogen-bond donors (Lipinski definition) is 3. The molecule has 0 aliphatic heterocycles. The topological polar surface area (TPSA) is 93.7 Å². The predicted molar refractivity (Wildman–Crippen MR) is 111 cm³/mol. The van der Waals surface area contributed by atoms with E-state index in [4.69, 9.17) is 10.7 Å². The van der Waals surface area contributed by atoms with E-state index < -0.39 is 0 Å². The summed E-state index contributed by atoms with van der Waals surface area (Å²) in [4.78, 5) is 14.0. The monoisotopic (exact) mass is 401 g/mol. The van der Waals surface area contributed by atoms with Gasteiger partial charge in [-0.25, -0.2) is 4.98 Å². The molecule has 26 heavy (non-hydrogen) atoms. The van der Waals surface area contributed by atoms with E-state index in [0.717, 1.165) is 42.7 Å². The molecular weight excluding hydrogens is 373 g/mol. The van der Waals surface area contributed by atoms with Crippen molar-refractivity contribution in [3.05, 3.63) is 6.33 Å². The number of imidazole rings is 1. The van der Waals surface area contributed by atoms with Crippen LogP contribution in [0, 0.1) is 0 Å². The Kier molecular flexibility index (Phi) is 7.32. The molecular formula is C17H29Cl2N7. The third kappa shape index (κ3) is 4.15. The Hall–Kier alpha value is -1.31. The molecule has 0 unspecified atom stereocenters. The number of aromatic nitrogens is 4. The molecule has 146 valence electrons. The van der Waals surface area contributed by atoms with E-state index in [1.807, 2.05) is 13.4 Å². The molecule has 2 heterocycles. The first kappa shape index (κ1) is 21.0. The van der Waals surface area contributed by atoms with Crippen LogP contribution in [0.4, 0.5) is 11.8 Å². The number of anilines is 2. The summed E-state index contributed by atoms with van der Waals surface area (Å²) in [6, 6.07) is 1.29. The minimum atomic E-state index is 0. The Morgan fingerprint density at radius 1 is 1.04 bits per heavy atom. The maximum atomic E-state index is 6.01. The van der Waals surface area contributed by atoms with Crippen LogP contribution in [-0.2, 0) is 0 Å². The highest BCUT2D eigenvalue weighted by Gasteiger charge is 2.23. The Balaban J connectivity index is 0.00000121. The van der Waals surface area contributed by atoms with Crippen molar-refractivity contribution >= 4 is 47.7 Å². The smallest absolute Gasteiger partial charge is 0.227 e. The second-order valence-electron chi connectivity index (χ2n) is 7.16. The van der Waals surface area contributed by atoms with Crippen molar-refractivity contribution in [1.29, 1.82) is 0 Å². The quantitative estimate of drug-likeness (QED) is 0.725. The number of nitrogens with one attached hydrogen (secondary N) is 2. The lowest BCUT2D eigenvalue weighted by Crippen LogP contribution is -2.33. The number of nitrogens with two attached hydrogens (primary N) is 1. The van der Waals surface area contributed by atoms with Crippen molar-refractivity contribution in [2.75, 3.05) is 17.7 Å². The Morgan fingerprint density at radius 2 is 1.73 bits per heavy atom. The van der Waals surface area contributed by atoms with E-state index in [1.165, 1.54) is 25.7 Å². The molecule has 0 bridgehead atoms. The van der Waals surface area contributed by atoms with Crippen molar-refractivity contribution in [1.82, 2.24) is 19.5 Å². The molecule has 0 spiro atoms. The summed E-state index contributed by atoms with van der Waals surface area (Å²) in [6.07, 6.45) is 11.3. The molecule has 2 aromatic rings. The van der Waals surface area contributed by atoms with Crippen LogP contribution in [0.15, 0.2) is 6.33 Å². The molecule has 2 aliphatic rings. The zero-order valence-corrected chi connectivity index (χ0v) is 16.8. The van der Waals surface area contributed by atoms with Crippen LogP contribution in [0.5, 0.6) is 0 Å². The van der Waals surface area contributed by atoms with E-state index in [0.29, 0.717) is 24.1 Å². The fraction of sp³-hybridized carbons (Fsp3) is 0.706. The van der Waals surface area contributed by atoms with Gasteiger partial charge in [0.05, 0.1) is 6.33 Å². The van der Waals surface area contributed by atoms with Gasteiger partial charge in [-0.2, -0.15) is 9.97 Å². The maximum absolute atomic E-state index is 6.01. The summed E-state index contributed by atoms with van der Waals surface area (Å²) < 4.78 is 2.24. The molecule has 2 saturated carbocycles. The first-order chi connectivity index (χ1) is 11.7. The van der Waals surface area contributed by atoms with Gasteiger partial charge in [-0.15, -0.1) is 24.8 Å². The van der Waals surface area contributed by atoms with Gasteiger partial charge >= 0.3 is 0 Å². The summed E-state index contributed by atoms with van der Waals surface area (Å²) in [7, 11) is 1.89. The molecule has 9 heteroatoms. The molecule has 7 nitrogen and oxygen atoms in total. The van der Waals surface area contributed by atoms with Crippen LogP contribution in [0.2, 0.25) is 0 Å². The number of halogens is 2. The number of hydrogen-bond acceptors (Lipinski definition) is 6. The maximum Gasteiger partial charge on any atom is 0.227 e. The molecule has 4 N–H and O–H groups in total. The second kappa shape index (κ2) is 9.06. The fourth-order valence-electron chi connectivity index (χ4n) is 4.05. The van der Waals surface area contributed by atoms with Gasteiger partial charge in [-0.1, -0.05) is 12.8 Å². The first-order valence-electron chi connectivity index (χ1n) is 9.19. The van der Waals surface area contributed by atoms with Gasteiger partial charge in [0.2, 0.25) is 5.95 Å². The van der Waals surface area contributed by atoms with E-state index in [1.54, 1.807) is 0 Å². The lowest BCUT2D eigenvalue weighted by Gasteiger charge is -2.26. The van der Waals surface area contributed by atoms with Crippen LogP contribution in [0.25, 0.3) is 11.2 Å². The highest BCUT2D eigenvalue weighted by molar-refractivity contribution is 5.86. The van der Waals surface area contributed by atoms with Gasteiger partial charge in [0.1, 0.15) is 0 Å². The van der Waals surface area contributed by atoms with E-state index in [9.17, 15) is 0 Å². The Bertz CT molecular complexity index is 706. The highest BCUT2D eigenvalue weighted by atomic mass is 35.5. The van der Waals surface area contributed by atoms with E-state index in [2.05, 4.69) is 25.2 Å². The van der Waals surface area contributed by atoms with Gasteiger partial charge < -0.3 is 20.9 Å². The zero-order valence-electron chi connectivity index (χ0n) is 15.1. The number of fused-ring (bicyclic) bond motifs is 1. The summed E-state index contributed by atoms with van der Waals surface area (Å²) in [5, 5.41) is 6.69. The third-order valence-electron chi connectivity index (χ3n) is 5.48. The lowest BCUT2D eigenvalue weighted by atomic mass is 9.92. The average molecular weight is 402 g/mol. The molecule has 0 aromatic carbocycles. The molecule has 0 amide bonds. The minimum Gasteiger partial charge on any atom is -0.371 e. The van der Waals surface area contributed by atoms with Crippen molar-refractivity contribution in [2.24, 2.45) is 5.73 Å². The first-order valence-corrected chi connectivity index (χ1v) is 9.19. The molecule has 2 aliphatic carbocycles. The van der Waals surface area contributed by atoms with Crippen LogP contribution in [0.3, 0.4) is 0 Å². The lowest BCUT2D eigenvalue weighted by molar-refractivity contribution is 0.410. The van der Waals surface area contributed by atoms with Gasteiger partial charge in [0.25, 0.3) is 0 Å². The SMILES string of the molecule is CNc1nc(N[C@H]2CC[C@H](N)CC2)nc2c1ncn2C1CCCC1.Cl.Cl. The van der Waals surface area contributed by atoms with Crippen molar-refractivity contribution < 1.29 is 0 Å². The van der Waals surface area contributed by atoms with Crippen LogP contribution in [0.1, 0.15) is 57.4 Å². The van der Waals surface area contributed by atoms with Gasteiger partial charge in [0.15, 0.2) is 17.0 Å². The van der Waals surface area contributed by atoms with Crippen molar-refractivity contribution in [3.8, 4) is 0 Å². The van der Waals surface area contributed by atoms with Gasteiger partial charge in [0, 0.05) is 25.2 Å². The summed E-state index contributed by atoms with van der Waals surface area (Å²) in [5.41, 5.74) is 7.81. The molecule has 4 rings (SSSR count). The van der Waals surface area contributed by atoms with Crippen molar-refractivity contribution in [3.63, 3.8) is 0 Å². The van der Waals surface area contributed by atoms with Crippen LogP contribution in [-0.4, -0.2) is 38.7 Å². The zero-order chi connectivity index (χ0) is 16.5. The van der Waals surface area contributed by atoms with Gasteiger partial charge in [-0.3, -0.25) is 0 Å². The summed E-state index contributed by atoms with van der Waals surface area (Å²) in [6.45, 7) is 0. The standard InChI is InChI=1S/C17H27N7.2ClH/c1-19-15-14-16(24(10-20-14)13-4-2-3-5-13)23-17(22-15)21-12-8-6-11(18)7-9-12;;/h10-13H,2-9,18H2,1H3,(H2,19,21,22,23);2*1H/t11-,12-;;.